The van der Waals surface area contributed by atoms with Crippen LogP contribution in [0.5, 0.6) is 0 Å². The Morgan fingerprint density at radius 2 is 2.11 bits per heavy atom. The lowest BCUT2D eigenvalue weighted by Crippen LogP contribution is -2.50. The van der Waals surface area contributed by atoms with Crippen LogP contribution in [0.1, 0.15) is 56.4 Å². The van der Waals surface area contributed by atoms with Gasteiger partial charge in [-0.15, -0.1) is 0 Å². The number of H-pyrrole nitrogens is 1. The summed E-state index contributed by atoms with van der Waals surface area (Å²) in [6.07, 6.45) is 6.24. The zero-order valence-corrected chi connectivity index (χ0v) is 16.1. The van der Waals surface area contributed by atoms with Crippen LogP contribution in [-0.4, -0.2) is 45.3 Å². The number of aromatic amines is 1. The summed E-state index contributed by atoms with van der Waals surface area (Å²) >= 11 is 0. The lowest BCUT2D eigenvalue weighted by atomic mass is 9.92. The average molecular weight is 386 g/mol. The summed E-state index contributed by atoms with van der Waals surface area (Å²) in [6, 6.07) is 0.554. The van der Waals surface area contributed by atoms with Crippen molar-refractivity contribution in [2.24, 2.45) is 11.8 Å². The SMILES string of the molecule is CC1(C)CC(CC(C#N)NC(=O)C(CC2CC2)NC(=O)c2cnc[nH]2)C(=O)N1. The first-order valence-electron chi connectivity index (χ1n) is 9.58. The van der Waals surface area contributed by atoms with Crippen molar-refractivity contribution in [3.63, 3.8) is 0 Å². The lowest BCUT2D eigenvalue weighted by Gasteiger charge is -2.21. The minimum atomic E-state index is -0.789. The monoisotopic (exact) mass is 386 g/mol. The molecule has 9 heteroatoms. The average Bonchev–Trinajstić information content (AvgIpc) is 3.18. The van der Waals surface area contributed by atoms with Crippen molar-refractivity contribution in [3.8, 4) is 6.07 Å². The molecule has 0 aromatic carbocycles. The second-order valence-electron chi connectivity index (χ2n) is 8.37. The Labute approximate surface area is 163 Å². The normalized spacial score (nSPS) is 22.6. The molecule has 1 aromatic heterocycles. The second kappa shape index (κ2) is 8.00. The largest absolute Gasteiger partial charge is 0.351 e. The van der Waals surface area contributed by atoms with E-state index in [-0.39, 0.29) is 29.5 Å². The van der Waals surface area contributed by atoms with Crippen molar-refractivity contribution >= 4 is 17.7 Å². The summed E-state index contributed by atoms with van der Waals surface area (Å²) in [5.74, 6) is -0.824. The lowest BCUT2D eigenvalue weighted by molar-refractivity contribution is -0.125. The van der Waals surface area contributed by atoms with Crippen molar-refractivity contribution in [1.29, 1.82) is 5.26 Å². The van der Waals surface area contributed by atoms with E-state index in [4.69, 9.17) is 0 Å². The molecule has 1 saturated heterocycles. The zero-order chi connectivity index (χ0) is 20.3. The smallest absolute Gasteiger partial charge is 0.269 e. The minimum Gasteiger partial charge on any atom is -0.351 e. The van der Waals surface area contributed by atoms with Crippen LogP contribution in [0.15, 0.2) is 12.5 Å². The van der Waals surface area contributed by atoms with Gasteiger partial charge in [-0.05, 0) is 39.0 Å². The van der Waals surface area contributed by atoms with Gasteiger partial charge in [0.25, 0.3) is 5.91 Å². The van der Waals surface area contributed by atoms with Gasteiger partial charge in [-0.25, -0.2) is 4.98 Å². The summed E-state index contributed by atoms with van der Waals surface area (Å²) < 4.78 is 0. The number of hydrogen-bond donors (Lipinski definition) is 4. The molecule has 3 amide bonds. The molecule has 1 saturated carbocycles. The summed E-state index contributed by atoms with van der Waals surface area (Å²) in [5, 5.41) is 17.8. The molecule has 9 nitrogen and oxygen atoms in total. The van der Waals surface area contributed by atoms with Gasteiger partial charge in [0, 0.05) is 11.5 Å². The molecule has 1 aliphatic carbocycles. The van der Waals surface area contributed by atoms with Gasteiger partial charge in [-0.3, -0.25) is 14.4 Å². The fourth-order valence-electron chi connectivity index (χ4n) is 3.62. The Morgan fingerprint density at radius 1 is 1.36 bits per heavy atom. The van der Waals surface area contributed by atoms with Gasteiger partial charge in [0.2, 0.25) is 11.8 Å². The van der Waals surface area contributed by atoms with Gasteiger partial charge in [-0.1, -0.05) is 12.8 Å². The zero-order valence-electron chi connectivity index (χ0n) is 16.1. The predicted molar refractivity (Wildman–Crippen MR) is 99.7 cm³/mol. The highest BCUT2D eigenvalue weighted by Crippen LogP contribution is 2.33. The van der Waals surface area contributed by atoms with Crippen molar-refractivity contribution in [3.05, 3.63) is 18.2 Å². The summed E-state index contributed by atoms with van der Waals surface area (Å²) in [7, 11) is 0. The highest BCUT2D eigenvalue weighted by atomic mass is 16.2. The van der Waals surface area contributed by atoms with Gasteiger partial charge >= 0.3 is 0 Å². The summed E-state index contributed by atoms with van der Waals surface area (Å²) in [4.78, 5) is 43.7. The Kier molecular flexibility index (Phi) is 5.68. The molecule has 2 aliphatic rings. The van der Waals surface area contributed by atoms with Crippen LogP contribution in [0.3, 0.4) is 0 Å². The number of imidazole rings is 1. The Balaban J connectivity index is 1.60. The van der Waals surface area contributed by atoms with E-state index in [0.29, 0.717) is 18.8 Å². The van der Waals surface area contributed by atoms with Crippen LogP contribution in [0.25, 0.3) is 0 Å². The molecule has 150 valence electrons. The van der Waals surface area contributed by atoms with E-state index < -0.39 is 23.9 Å². The van der Waals surface area contributed by atoms with Gasteiger partial charge in [-0.2, -0.15) is 5.26 Å². The van der Waals surface area contributed by atoms with Crippen molar-refractivity contribution < 1.29 is 14.4 Å². The van der Waals surface area contributed by atoms with Gasteiger partial charge < -0.3 is 20.9 Å². The molecule has 2 heterocycles. The van der Waals surface area contributed by atoms with Crippen LogP contribution in [0.4, 0.5) is 0 Å². The topological polar surface area (TPSA) is 140 Å². The number of nitrogens with zero attached hydrogens (tertiary/aromatic N) is 2. The summed E-state index contributed by atoms with van der Waals surface area (Å²) in [5.41, 5.74) is -0.0338. The fraction of sp³-hybridized carbons (Fsp3) is 0.632. The standard InChI is InChI=1S/C19H26N6O3/c1-19(2)7-12(16(26)25-19)6-13(8-20)23-17(27)14(5-11-3-4-11)24-18(28)15-9-21-10-22-15/h9-14H,3-7H2,1-2H3,(H,21,22)(H,23,27)(H,24,28)(H,25,26). The minimum absolute atomic E-state index is 0.0958. The third-order valence-corrected chi connectivity index (χ3v) is 5.21. The number of aromatic nitrogens is 2. The van der Waals surface area contributed by atoms with Crippen LogP contribution in [0, 0.1) is 23.2 Å². The van der Waals surface area contributed by atoms with E-state index in [1.54, 1.807) is 0 Å². The van der Waals surface area contributed by atoms with E-state index in [1.807, 2.05) is 13.8 Å². The Bertz CT molecular complexity index is 778. The maximum Gasteiger partial charge on any atom is 0.269 e. The quantitative estimate of drug-likeness (QED) is 0.518. The van der Waals surface area contributed by atoms with E-state index in [9.17, 15) is 19.6 Å². The van der Waals surface area contributed by atoms with Gasteiger partial charge in [0.15, 0.2) is 0 Å². The first-order valence-corrected chi connectivity index (χ1v) is 9.58. The number of carbonyl (C=O) groups is 3. The highest BCUT2D eigenvalue weighted by molar-refractivity contribution is 5.96. The van der Waals surface area contributed by atoms with E-state index >= 15 is 0 Å². The number of nitriles is 1. The van der Waals surface area contributed by atoms with Crippen LogP contribution in [-0.2, 0) is 9.59 Å². The molecule has 0 spiro atoms. The molecule has 0 bridgehead atoms. The first kappa shape index (κ1) is 19.9. The van der Waals surface area contributed by atoms with Crippen molar-refractivity contribution in [2.45, 2.75) is 63.6 Å². The third-order valence-electron chi connectivity index (χ3n) is 5.21. The molecule has 28 heavy (non-hydrogen) atoms. The number of amides is 3. The van der Waals surface area contributed by atoms with E-state index in [2.05, 4.69) is 32.0 Å². The Hall–Kier alpha value is -2.89. The van der Waals surface area contributed by atoms with Crippen molar-refractivity contribution in [2.75, 3.05) is 0 Å². The van der Waals surface area contributed by atoms with Crippen LogP contribution < -0.4 is 16.0 Å². The number of rotatable bonds is 8. The fourth-order valence-corrected chi connectivity index (χ4v) is 3.62. The molecule has 3 rings (SSSR count). The molecule has 1 aliphatic heterocycles. The predicted octanol–water partition coefficient (Wildman–Crippen LogP) is 0.621. The molecule has 1 aromatic rings. The maximum absolute atomic E-state index is 12.8. The number of nitrogens with one attached hydrogen (secondary N) is 4. The first-order chi connectivity index (χ1) is 13.3. The van der Waals surface area contributed by atoms with E-state index in [0.717, 1.165) is 12.8 Å². The van der Waals surface area contributed by atoms with Crippen LogP contribution in [0.2, 0.25) is 0 Å². The summed E-state index contributed by atoms with van der Waals surface area (Å²) in [6.45, 7) is 3.86. The maximum atomic E-state index is 12.8. The third kappa shape index (κ3) is 5.09. The molecule has 2 fully saturated rings. The van der Waals surface area contributed by atoms with Gasteiger partial charge in [0.05, 0.1) is 18.6 Å². The van der Waals surface area contributed by atoms with Gasteiger partial charge in [0.1, 0.15) is 17.8 Å². The molecular formula is C19H26N6O3. The van der Waals surface area contributed by atoms with Crippen molar-refractivity contribution in [1.82, 2.24) is 25.9 Å². The molecule has 4 N–H and O–H groups in total. The number of hydrogen-bond acceptors (Lipinski definition) is 5. The number of carbonyl (C=O) groups excluding carboxylic acids is 3. The second-order valence-corrected chi connectivity index (χ2v) is 8.37. The highest BCUT2D eigenvalue weighted by Gasteiger charge is 2.39. The molecule has 3 unspecified atom stereocenters. The Morgan fingerprint density at radius 3 is 2.64 bits per heavy atom. The van der Waals surface area contributed by atoms with Crippen LogP contribution >= 0.6 is 0 Å². The molecule has 3 atom stereocenters. The molecule has 0 radical (unpaired) electrons. The molecular weight excluding hydrogens is 360 g/mol. The van der Waals surface area contributed by atoms with E-state index in [1.165, 1.54) is 12.5 Å².